The van der Waals surface area contributed by atoms with E-state index in [9.17, 15) is 4.79 Å². The first-order chi connectivity index (χ1) is 10.5. The van der Waals surface area contributed by atoms with Crippen molar-refractivity contribution in [3.63, 3.8) is 0 Å². The highest BCUT2D eigenvalue weighted by atomic mass is 79.9. The topological polar surface area (TPSA) is 54.0 Å². The van der Waals surface area contributed by atoms with Gasteiger partial charge in [0.1, 0.15) is 5.69 Å². The number of carbonyl (C=O) groups is 1. The Morgan fingerprint density at radius 3 is 2.59 bits per heavy atom. The number of amides is 1. The molecule has 1 heterocycles. The van der Waals surface area contributed by atoms with Crippen LogP contribution in [0.4, 0.5) is 11.4 Å². The van der Waals surface area contributed by atoms with Gasteiger partial charge in [-0.2, -0.15) is 0 Å². The Hall–Kier alpha value is -1.88. The average Bonchev–Trinajstić information content (AvgIpc) is 2.49. The van der Waals surface area contributed by atoms with Gasteiger partial charge in [0.05, 0.1) is 0 Å². The number of hydrogen-bond donors (Lipinski definition) is 2. The summed E-state index contributed by atoms with van der Waals surface area (Å²) in [5.74, 6) is 0.435. The van der Waals surface area contributed by atoms with Crippen molar-refractivity contribution in [1.29, 1.82) is 0 Å². The van der Waals surface area contributed by atoms with E-state index in [-0.39, 0.29) is 5.91 Å². The lowest BCUT2D eigenvalue weighted by molar-refractivity contribution is 0.102. The Kier molecular flexibility index (Phi) is 5.95. The molecule has 0 unspecified atom stereocenters. The van der Waals surface area contributed by atoms with Crippen LogP contribution in [0.3, 0.4) is 0 Å². The van der Waals surface area contributed by atoms with Crippen LogP contribution in [-0.4, -0.2) is 17.4 Å². The van der Waals surface area contributed by atoms with Crippen molar-refractivity contribution < 1.29 is 4.79 Å². The lowest BCUT2D eigenvalue weighted by Gasteiger charge is -2.09. The van der Waals surface area contributed by atoms with E-state index in [2.05, 4.69) is 45.4 Å². The van der Waals surface area contributed by atoms with Crippen molar-refractivity contribution in [3.8, 4) is 0 Å². The molecule has 2 rings (SSSR count). The Balaban J connectivity index is 1.99. The molecule has 0 saturated carbocycles. The van der Waals surface area contributed by atoms with E-state index in [0.29, 0.717) is 11.6 Å². The highest BCUT2D eigenvalue weighted by molar-refractivity contribution is 9.10. The Labute approximate surface area is 139 Å². The lowest BCUT2D eigenvalue weighted by atomic mass is 10.1. The number of carbonyl (C=O) groups excluding carboxylic acids is 1. The number of aromatic nitrogens is 1. The summed E-state index contributed by atoms with van der Waals surface area (Å²) in [5.41, 5.74) is 2.06. The molecule has 1 aromatic heterocycles. The SMILES string of the molecule is CC(C)CCNc1ccnc(C(=O)Nc2ccc(Br)cc2)c1. The minimum atomic E-state index is -0.213. The van der Waals surface area contributed by atoms with Crippen molar-refractivity contribution >= 4 is 33.2 Å². The van der Waals surface area contributed by atoms with Gasteiger partial charge in [0.15, 0.2) is 0 Å². The molecule has 0 aliphatic heterocycles. The summed E-state index contributed by atoms with van der Waals surface area (Å²) in [6, 6.07) is 11.1. The molecular weight excluding hydrogens is 342 g/mol. The van der Waals surface area contributed by atoms with Gasteiger partial charge in [-0.15, -0.1) is 0 Å². The largest absolute Gasteiger partial charge is 0.385 e. The molecule has 4 nitrogen and oxygen atoms in total. The summed E-state index contributed by atoms with van der Waals surface area (Å²) in [6.45, 7) is 5.26. The summed E-state index contributed by atoms with van der Waals surface area (Å²) < 4.78 is 0.972. The van der Waals surface area contributed by atoms with E-state index < -0.39 is 0 Å². The van der Waals surface area contributed by atoms with Crippen molar-refractivity contribution in [2.75, 3.05) is 17.2 Å². The molecule has 2 N–H and O–H groups in total. The van der Waals surface area contributed by atoms with Crippen molar-refractivity contribution in [3.05, 3.63) is 52.8 Å². The fraction of sp³-hybridized carbons (Fsp3) is 0.294. The number of nitrogens with zero attached hydrogens (tertiary/aromatic N) is 1. The molecule has 0 radical (unpaired) electrons. The molecule has 0 bridgehead atoms. The number of hydrogen-bond acceptors (Lipinski definition) is 3. The molecule has 1 aromatic carbocycles. The second-order valence-electron chi connectivity index (χ2n) is 5.50. The average molecular weight is 362 g/mol. The number of rotatable bonds is 6. The van der Waals surface area contributed by atoms with Crippen LogP contribution in [-0.2, 0) is 0 Å². The maximum Gasteiger partial charge on any atom is 0.274 e. The van der Waals surface area contributed by atoms with Crippen molar-refractivity contribution in [2.45, 2.75) is 20.3 Å². The second-order valence-corrected chi connectivity index (χ2v) is 6.42. The molecule has 0 aliphatic carbocycles. The molecule has 1 amide bonds. The predicted molar refractivity (Wildman–Crippen MR) is 94.3 cm³/mol. The molecule has 5 heteroatoms. The number of benzene rings is 1. The van der Waals surface area contributed by atoms with E-state index in [1.165, 1.54) is 0 Å². The van der Waals surface area contributed by atoms with Gasteiger partial charge >= 0.3 is 0 Å². The van der Waals surface area contributed by atoms with Crippen LogP contribution in [0.15, 0.2) is 47.1 Å². The van der Waals surface area contributed by atoms with Gasteiger partial charge in [-0.05, 0) is 48.7 Å². The van der Waals surface area contributed by atoms with Gasteiger partial charge < -0.3 is 10.6 Å². The van der Waals surface area contributed by atoms with Gasteiger partial charge in [0.2, 0.25) is 0 Å². The molecule has 0 atom stereocenters. The summed E-state index contributed by atoms with van der Waals surface area (Å²) in [4.78, 5) is 16.4. The second kappa shape index (κ2) is 7.94. The number of anilines is 2. The Morgan fingerprint density at radius 2 is 1.91 bits per heavy atom. The zero-order valence-electron chi connectivity index (χ0n) is 12.8. The summed E-state index contributed by atoms with van der Waals surface area (Å²) in [7, 11) is 0. The first-order valence-electron chi connectivity index (χ1n) is 7.31. The summed E-state index contributed by atoms with van der Waals surface area (Å²) in [5, 5.41) is 6.15. The van der Waals surface area contributed by atoms with Gasteiger partial charge in [-0.1, -0.05) is 29.8 Å². The van der Waals surface area contributed by atoms with Gasteiger partial charge in [-0.3, -0.25) is 9.78 Å². The quantitative estimate of drug-likeness (QED) is 0.792. The van der Waals surface area contributed by atoms with Gasteiger partial charge in [0, 0.05) is 28.6 Å². The first-order valence-corrected chi connectivity index (χ1v) is 8.11. The van der Waals surface area contributed by atoms with Crippen LogP contribution in [0.2, 0.25) is 0 Å². The number of halogens is 1. The Bertz CT molecular complexity index is 626. The normalized spacial score (nSPS) is 10.5. The number of pyridine rings is 1. The lowest BCUT2D eigenvalue weighted by Crippen LogP contribution is -2.14. The van der Waals surface area contributed by atoms with Crippen LogP contribution >= 0.6 is 15.9 Å². The highest BCUT2D eigenvalue weighted by Gasteiger charge is 2.08. The fourth-order valence-corrected chi connectivity index (χ4v) is 2.16. The molecule has 0 aliphatic rings. The Morgan fingerprint density at radius 1 is 1.18 bits per heavy atom. The van der Waals surface area contributed by atoms with E-state index >= 15 is 0 Å². The van der Waals surface area contributed by atoms with E-state index in [4.69, 9.17) is 0 Å². The summed E-state index contributed by atoms with van der Waals surface area (Å²) in [6.07, 6.45) is 2.73. The third kappa shape index (κ3) is 5.15. The predicted octanol–water partition coefficient (Wildman–Crippen LogP) is 4.55. The van der Waals surface area contributed by atoms with Crippen LogP contribution in [0, 0.1) is 5.92 Å². The third-order valence-corrected chi connectivity index (χ3v) is 3.67. The zero-order valence-corrected chi connectivity index (χ0v) is 14.4. The first kappa shape index (κ1) is 16.5. The third-order valence-electron chi connectivity index (χ3n) is 3.15. The molecule has 0 spiro atoms. The van der Waals surface area contributed by atoms with Crippen LogP contribution in [0.25, 0.3) is 0 Å². The number of nitrogens with one attached hydrogen (secondary N) is 2. The molecule has 0 fully saturated rings. The van der Waals surface area contributed by atoms with Crippen molar-refractivity contribution in [2.24, 2.45) is 5.92 Å². The standard InChI is InChI=1S/C17H20BrN3O/c1-12(2)7-9-19-15-8-10-20-16(11-15)17(22)21-14-5-3-13(18)4-6-14/h3-6,8,10-12H,7,9H2,1-2H3,(H,19,20)(H,21,22). The summed E-state index contributed by atoms with van der Waals surface area (Å²) >= 11 is 3.37. The minimum Gasteiger partial charge on any atom is -0.385 e. The van der Waals surface area contributed by atoms with Gasteiger partial charge in [0.25, 0.3) is 5.91 Å². The maximum absolute atomic E-state index is 12.2. The fourth-order valence-electron chi connectivity index (χ4n) is 1.90. The maximum atomic E-state index is 12.2. The van der Waals surface area contributed by atoms with Gasteiger partial charge in [-0.25, -0.2) is 0 Å². The van der Waals surface area contributed by atoms with Crippen LogP contribution in [0.1, 0.15) is 30.8 Å². The smallest absolute Gasteiger partial charge is 0.274 e. The molecule has 2 aromatic rings. The van der Waals surface area contributed by atoms with Crippen LogP contribution < -0.4 is 10.6 Å². The van der Waals surface area contributed by atoms with Crippen LogP contribution in [0.5, 0.6) is 0 Å². The highest BCUT2D eigenvalue weighted by Crippen LogP contribution is 2.15. The molecular formula is C17H20BrN3O. The molecule has 22 heavy (non-hydrogen) atoms. The zero-order chi connectivity index (χ0) is 15.9. The minimum absolute atomic E-state index is 0.213. The molecule has 116 valence electrons. The molecule has 0 saturated heterocycles. The van der Waals surface area contributed by atoms with E-state index in [1.54, 1.807) is 12.3 Å². The van der Waals surface area contributed by atoms with E-state index in [0.717, 1.165) is 28.8 Å². The van der Waals surface area contributed by atoms with Crippen molar-refractivity contribution in [1.82, 2.24) is 4.98 Å². The van der Waals surface area contributed by atoms with E-state index in [1.807, 2.05) is 30.3 Å². The monoisotopic (exact) mass is 361 g/mol.